The van der Waals surface area contributed by atoms with E-state index in [1.54, 1.807) is 36.2 Å². The molecule has 0 radical (unpaired) electrons. The van der Waals surface area contributed by atoms with Crippen molar-refractivity contribution in [1.29, 1.82) is 0 Å². The molecule has 0 spiro atoms. The highest BCUT2D eigenvalue weighted by atomic mass is 32.2. The first-order chi connectivity index (χ1) is 16.9. The lowest BCUT2D eigenvalue weighted by atomic mass is 10.0. The Labute approximate surface area is 206 Å². The number of β-amino-alcohol motifs (C(OH)–C–C–N with tert-alkyl or cyclic N) is 1. The van der Waals surface area contributed by atoms with Crippen LogP contribution in [0.1, 0.15) is 18.0 Å². The van der Waals surface area contributed by atoms with E-state index < -0.39 is 10.9 Å². The van der Waals surface area contributed by atoms with Crippen molar-refractivity contribution in [2.24, 2.45) is 4.36 Å². The second-order valence-corrected chi connectivity index (χ2v) is 9.37. The lowest BCUT2D eigenvalue weighted by molar-refractivity contribution is -0.134. The van der Waals surface area contributed by atoms with Gasteiger partial charge < -0.3 is 27.5 Å². The molecule has 0 aliphatic carbocycles. The van der Waals surface area contributed by atoms with E-state index in [-0.39, 0.29) is 24.7 Å². The molecule has 1 aliphatic rings. The molecule has 1 amide bonds. The summed E-state index contributed by atoms with van der Waals surface area (Å²) >= 11 is 0. The first-order valence-electron chi connectivity index (χ1n) is 11.4. The predicted molar refractivity (Wildman–Crippen MR) is 133 cm³/mol. The standard InChI is InChI=1S/C25H29N4O5S/c1-28(23(18-6-4-3-5-7-18)16-29-13-12-21(30)15-29)25(31)17-34-24-11-8-19-14-20(27-35(32)33-2)9-10-22(19)26-24/h3-11,14,21,23,30H,12-13,15-17H2,1-2H3/q-1/t21-,23?/m0/s1. The molecule has 186 valence electrons. The van der Waals surface area contributed by atoms with Crippen LogP contribution in [0.2, 0.25) is 0 Å². The molecule has 2 heterocycles. The van der Waals surface area contributed by atoms with Gasteiger partial charge in [0.2, 0.25) is 5.88 Å². The quantitative estimate of drug-likeness (QED) is 0.453. The maximum Gasteiger partial charge on any atom is 0.260 e. The molecular formula is C25H29N4O5S-. The summed E-state index contributed by atoms with van der Waals surface area (Å²) in [5.41, 5.74) is 2.21. The third kappa shape index (κ3) is 6.55. The second-order valence-electron chi connectivity index (χ2n) is 8.42. The molecular weight excluding hydrogens is 468 g/mol. The molecule has 1 saturated heterocycles. The molecule has 0 bridgehead atoms. The second kappa shape index (κ2) is 11.6. The smallest absolute Gasteiger partial charge is 0.260 e. The minimum absolute atomic E-state index is 0.152. The van der Waals surface area contributed by atoms with Crippen LogP contribution in [0.4, 0.5) is 5.69 Å². The zero-order valence-corrected chi connectivity index (χ0v) is 20.6. The van der Waals surface area contributed by atoms with Crippen LogP contribution in [0.5, 0.6) is 5.88 Å². The number of hydrogen-bond donors (Lipinski definition) is 1. The Kier molecular flexibility index (Phi) is 8.29. The molecule has 1 fully saturated rings. The van der Waals surface area contributed by atoms with Crippen molar-refractivity contribution in [3.63, 3.8) is 0 Å². The van der Waals surface area contributed by atoms with Crippen molar-refractivity contribution in [2.45, 2.75) is 18.6 Å². The molecule has 3 aromatic rings. The lowest BCUT2D eigenvalue weighted by Crippen LogP contribution is -2.40. The number of pyridine rings is 1. The minimum Gasteiger partial charge on any atom is -0.468 e. The van der Waals surface area contributed by atoms with Gasteiger partial charge in [0, 0.05) is 50.9 Å². The van der Waals surface area contributed by atoms with E-state index in [1.165, 1.54) is 7.11 Å². The summed E-state index contributed by atoms with van der Waals surface area (Å²) in [7, 11) is 1.36. The lowest BCUT2D eigenvalue weighted by Gasteiger charge is -2.32. The highest BCUT2D eigenvalue weighted by Gasteiger charge is 2.28. The fourth-order valence-electron chi connectivity index (χ4n) is 4.12. The third-order valence-electron chi connectivity index (χ3n) is 6.04. The van der Waals surface area contributed by atoms with Crippen molar-refractivity contribution in [3.05, 3.63) is 66.2 Å². The number of ether oxygens (including phenoxy) is 1. The SMILES string of the molecule is CO[S-](=O)=Nc1ccc2nc(OCC(=O)N(C)C(CN3CC[C@H](O)C3)c3ccccc3)ccc2c1. The van der Waals surface area contributed by atoms with Crippen LogP contribution < -0.4 is 4.74 Å². The van der Waals surface area contributed by atoms with Crippen LogP contribution in [0.25, 0.3) is 10.9 Å². The Hall–Kier alpha value is -3.05. The minimum atomic E-state index is -1.74. The molecule has 1 N–H and O–H groups in total. The molecule has 9 nitrogen and oxygen atoms in total. The summed E-state index contributed by atoms with van der Waals surface area (Å²) < 4.78 is 25.8. The van der Waals surface area contributed by atoms with E-state index in [0.29, 0.717) is 30.2 Å². The van der Waals surface area contributed by atoms with E-state index in [1.807, 2.05) is 36.4 Å². The average molecular weight is 498 g/mol. The van der Waals surface area contributed by atoms with E-state index in [0.717, 1.165) is 23.9 Å². The monoisotopic (exact) mass is 497 g/mol. The van der Waals surface area contributed by atoms with Crippen molar-refractivity contribution in [2.75, 3.05) is 40.4 Å². The maximum atomic E-state index is 13.1. The Morgan fingerprint density at radius 2 is 2.06 bits per heavy atom. The number of nitrogens with zero attached hydrogens (tertiary/aromatic N) is 4. The number of likely N-dealkylation sites (tertiary alicyclic amines) is 1. The zero-order chi connectivity index (χ0) is 24.8. The van der Waals surface area contributed by atoms with Gasteiger partial charge in [-0.2, -0.15) is 0 Å². The predicted octanol–water partition coefficient (Wildman–Crippen LogP) is 3.22. The first kappa shape index (κ1) is 25.1. The van der Waals surface area contributed by atoms with Crippen molar-refractivity contribution in [3.8, 4) is 5.88 Å². The van der Waals surface area contributed by atoms with Crippen LogP contribution in [-0.4, -0.2) is 72.3 Å². The van der Waals surface area contributed by atoms with Gasteiger partial charge in [0.1, 0.15) is 0 Å². The molecule has 2 atom stereocenters. The molecule has 35 heavy (non-hydrogen) atoms. The summed E-state index contributed by atoms with van der Waals surface area (Å²) in [6.45, 7) is 1.90. The number of rotatable bonds is 9. The number of aliphatic hydroxyl groups excluding tert-OH is 1. The summed E-state index contributed by atoms with van der Waals surface area (Å²) in [4.78, 5) is 21.4. The van der Waals surface area contributed by atoms with Crippen LogP contribution in [-0.2, 0) is 24.1 Å². The molecule has 10 heteroatoms. The van der Waals surface area contributed by atoms with E-state index in [9.17, 15) is 14.1 Å². The number of likely N-dealkylation sites (N-methyl/N-ethyl adjacent to an activating group) is 1. The summed E-state index contributed by atoms with van der Waals surface area (Å²) in [6.07, 6.45) is 0.428. The Balaban J connectivity index is 1.43. The highest BCUT2D eigenvalue weighted by molar-refractivity contribution is 7.69. The van der Waals surface area contributed by atoms with Crippen LogP contribution in [0, 0.1) is 0 Å². The van der Waals surface area contributed by atoms with Crippen molar-refractivity contribution >= 4 is 33.4 Å². The molecule has 0 saturated carbocycles. The number of hydrogen-bond acceptors (Lipinski definition) is 9. The third-order valence-corrected chi connectivity index (χ3v) is 6.68. The molecule has 1 unspecified atom stereocenters. The Morgan fingerprint density at radius 3 is 2.77 bits per heavy atom. The Morgan fingerprint density at radius 1 is 1.26 bits per heavy atom. The van der Waals surface area contributed by atoms with E-state index in [4.69, 9.17) is 4.74 Å². The summed E-state index contributed by atoms with van der Waals surface area (Å²) in [5, 5.41) is 10.7. The summed E-state index contributed by atoms with van der Waals surface area (Å²) in [6, 6.07) is 18.4. The number of amides is 1. The number of fused-ring (bicyclic) bond motifs is 1. The van der Waals surface area contributed by atoms with Crippen LogP contribution in [0.15, 0.2) is 65.0 Å². The van der Waals surface area contributed by atoms with Gasteiger partial charge in [0.05, 0.1) is 17.7 Å². The average Bonchev–Trinajstić information content (AvgIpc) is 3.30. The molecule has 4 rings (SSSR count). The van der Waals surface area contributed by atoms with Crippen molar-refractivity contribution < 1.29 is 23.0 Å². The molecule has 2 aromatic carbocycles. The van der Waals surface area contributed by atoms with Gasteiger partial charge in [-0.3, -0.25) is 9.69 Å². The number of carbonyl (C=O) groups is 1. The Bertz CT molecular complexity index is 1250. The van der Waals surface area contributed by atoms with E-state index >= 15 is 0 Å². The molecule has 1 aromatic heterocycles. The van der Waals surface area contributed by atoms with Gasteiger partial charge in [0.15, 0.2) is 6.61 Å². The van der Waals surface area contributed by atoms with Gasteiger partial charge in [-0.05, 0) is 36.2 Å². The molecule has 1 aliphatic heterocycles. The van der Waals surface area contributed by atoms with Gasteiger partial charge in [-0.25, -0.2) is 4.98 Å². The number of benzene rings is 2. The van der Waals surface area contributed by atoms with E-state index in [2.05, 4.69) is 18.4 Å². The largest absolute Gasteiger partial charge is 0.468 e. The fourth-order valence-corrected chi connectivity index (χ4v) is 4.48. The summed E-state index contributed by atoms with van der Waals surface area (Å²) in [5.74, 6) is 0.167. The fraction of sp³-hybridized carbons (Fsp3) is 0.360. The van der Waals surface area contributed by atoms with Gasteiger partial charge >= 0.3 is 0 Å². The number of carbonyl (C=O) groups excluding carboxylic acids is 1. The first-order valence-corrected chi connectivity index (χ1v) is 12.4. The number of aliphatic hydroxyl groups is 1. The van der Waals surface area contributed by atoms with Crippen molar-refractivity contribution in [1.82, 2.24) is 14.8 Å². The number of aromatic nitrogens is 1. The van der Waals surface area contributed by atoms with Crippen LogP contribution >= 0.6 is 0 Å². The zero-order valence-electron chi connectivity index (χ0n) is 19.7. The van der Waals surface area contributed by atoms with Gasteiger partial charge in [-0.15, -0.1) is 0 Å². The maximum absolute atomic E-state index is 13.1. The highest BCUT2D eigenvalue weighted by Crippen LogP contribution is 2.25. The van der Waals surface area contributed by atoms with Crippen LogP contribution in [0.3, 0.4) is 0 Å². The van der Waals surface area contributed by atoms with Gasteiger partial charge in [-0.1, -0.05) is 41.2 Å². The van der Waals surface area contributed by atoms with Gasteiger partial charge in [0.25, 0.3) is 5.91 Å². The topological polar surface area (TPSA) is 105 Å². The normalized spacial score (nSPS) is 18.0.